The van der Waals surface area contributed by atoms with Gasteiger partial charge in [0.15, 0.2) is 0 Å². The Labute approximate surface area is 404 Å². The lowest BCUT2D eigenvalue weighted by Crippen LogP contribution is -2.25. The first-order chi connectivity index (χ1) is 32.4. The molecule has 0 aliphatic carbocycles. The average Bonchev–Trinajstić information content (AvgIpc) is 3.89. The Balaban J connectivity index is 1.06. The molecule has 1 aliphatic heterocycles. The monoisotopic (exact) mass is 892 g/mol. The van der Waals surface area contributed by atoms with Gasteiger partial charge in [0.2, 0.25) is 0 Å². The average molecular weight is 892 g/mol. The lowest BCUT2D eigenvalue weighted by molar-refractivity contribution is 0.568. The molecule has 0 saturated carbocycles. The Morgan fingerprint density at radius 1 is 0.412 bits per heavy atom. The van der Waals surface area contributed by atoms with Crippen molar-refractivity contribution in [3.05, 3.63) is 216 Å². The molecule has 2 aromatic heterocycles. The van der Waals surface area contributed by atoms with E-state index in [0.717, 1.165) is 33.9 Å². The molecule has 0 amide bonds. The fourth-order valence-corrected chi connectivity index (χ4v) is 10.1. The summed E-state index contributed by atoms with van der Waals surface area (Å²) in [6, 6.07) is 65.1. The summed E-state index contributed by atoms with van der Waals surface area (Å²) < 4.78 is 2.37. The SMILES string of the molecule is CN(c1cccc(N2CN(c3cc(C(C)(C)C)cc(C(C)(C)C)c3)c3ccccc32)c1)c1ccc2c3cc(C(C)(C)c4ccccc4)ccc3n(-c3cc(C(C)(C)c4ccccc4)ccn3)c2c1. The number of hydrogen-bond donors (Lipinski definition) is 0. The molecular formula is C63H65N5. The largest absolute Gasteiger partial charge is 0.344 e. The second-order valence-corrected chi connectivity index (χ2v) is 22.0. The van der Waals surface area contributed by atoms with Gasteiger partial charge in [0, 0.05) is 57.6 Å². The molecule has 5 heteroatoms. The number of fused-ring (bicyclic) bond motifs is 4. The van der Waals surface area contributed by atoms with Crippen molar-refractivity contribution in [2.75, 3.05) is 28.4 Å². The molecule has 0 bridgehead atoms. The minimum absolute atomic E-state index is 0.0211. The molecule has 0 atom stereocenters. The highest BCUT2D eigenvalue weighted by molar-refractivity contribution is 6.10. The molecular weight excluding hydrogens is 827 g/mol. The lowest BCUT2D eigenvalue weighted by Gasteiger charge is -2.29. The Hall–Kier alpha value is -7.11. The van der Waals surface area contributed by atoms with Gasteiger partial charge in [-0.1, -0.05) is 166 Å². The van der Waals surface area contributed by atoms with Crippen LogP contribution in [0.2, 0.25) is 0 Å². The number of benzene rings is 7. The zero-order valence-corrected chi connectivity index (χ0v) is 41.8. The van der Waals surface area contributed by atoms with Gasteiger partial charge >= 0.3 is 0 Å². The van der Waals surface area contributed by atoms with Gasteiger partial charge in [-0.05, 0) is 123 Å². The van der Waals surface area contributed by atoms with Crippen molar-refractivity contribution in [2.45, 2.75) is 90.9 Å². The highest BCUT2D eigenvalue weighted by Crippen LogP contribution is 2.47. The summed E-state index contributed by atoms with van der Waals surface area (Å²) in [4.78, 5) is 12.4. The number of hydrogen-bond acceptors (Lipinski definition) is 4. The number of pyridine rings is 1. The smallest absolute Gasteiger partial charge is 0.137 e. The molecule has 342 valence electrons. The maximum absolute atomic E-state index is 5.12. The molecule has 68 heavy (non-hydrogen) atoms. The van der Waals surface area contributed by atoms with E-state index in [4.69, 9.17) is 4.98 Å². The van der Waals surface area contributed by atoms with Crippen LogP contribution < -0.4 is 14.7 Å². The molecule has 7 aromatic carbocycles. The molecule has 10 rings (SSSR count). The minimum atomic E-state index is -0.223. The first-order valence-corrected chi connectivity index (χ1v) is 24.2. The quantitative estimate of drug-likeness (QED) is 0.144. The van der Waals surface area contributed by atoms with Crippen LogP contribution in [0.5, 0.6) is 0 Å². The van der Waals surface area contributed by atoms with Crippen LogP contribution in [0.4, 0.5) is 34.1 Å². The van der Waals surface area contributed by atoms with Crippen molar-refractivity contribution in [1.29, 1.82) is 0 Å². The topological polar surface area (TPSA) is 27.5 Å². The molecule has 5 nitrogen and oxygen atoms in total. The van der Waals surface area contributed by atoms with Gasteiger partial charge in [0.05, 0.1) is 22.4 Å². The summed E-state index contributed by atoms with van der Waals surface area (Å²) in [5.41, 5.74) is 16.7. The van der Waals surface area contributed by atoms with E-state index >= 15 is 0 Å². The van der Waals surface area contributed by atoms with Gasteiger partial charge in [-0.3, -0.25) is 4.57 Å². The Bertz CT molecular complexity index is 3280. The van der Waals surface area contributed by atoms with Crippen LogP contribution >= 0.6 is 0 Å². The van der Waals surface area contributed by atoms with Crippen LogP contribution in [0.15, 0.2) is 182 Å². The predicted octanol–water partition coefficient (Wildman–Crippen LogP) is 16.4. The van der Waals surface area contributed by atoms with Crippen molar-refractivity contribution < 1.29 is 0 Å². The summed E-state index contributed by atoms with van der Waals surface area (Å²) in [5.74, 6) is 0.906. The van der Waals surface area contributed by atoms with Crippen LogP contribution in [-0.2, 0) is 21.7 Å². The van der Waals surface area contributed by atoms with Gasteiger partial charge in [-0.15, -0.1) is 0 Å². The Morgan fingerprint density at radius 2 is 0.971 bits per heavy atom. The first-order valence-electron chi connectivity index (χ1n) is 24.2. The van der Waals surface area contributed by atoms with E-state index in [2.05, 4.69) is 271 Å². The highest BCUT2D eigenvalue weighted by atomic mass is 15.4. The third-order valence-corrected chi connectivity index (χ3v) is 14.8. The van der Waals surface area contributed by atoms with Crippen molar-refractivity contribution >= 4 is 55.9 Å². The minimum Gasteiger partial charge on any atom is -0.344 e. The first kappa shape index (κ1) is 44.7. The summed E-state index contributed by atoms with van der Waals surface area (Å²) >= 11 is 0. The van der Waals surface area contributed by atoms with E-state index in [9.17, 15) is 0 Å². The third-order valence-electron chi connectivity index (χ3n) is 14.8. The maximum atomic E-state index is 5.12. The van der Waals surface area contributed by atoms with Crippen LogP contribution in [0.25, 0.3) is 27.6 Å². The van der Waals surface area contributed by atoms with Gasteiger partial charge in [0.25, 0.3) is 0 Å². The van der Waals surface area contributed by atoms with Crippen molar-refractivity contribution in [3.63, 3.8) is 0 Å². The van der Waals surface area contributed by atoms with E-state index in [0.29, 0.717) is 6.67 Å². The number of rotatable bonds is 9. The third kappa shape index (κ3) is 7.92. The van der Waals surface area contributed by atoms with E-state index in [1.165, 1.54) is 61.2 Å². The summed E-state index contributed by atoms with van der Waals surface area (Å²) in [6.07, 6.45) is 1.98. The second-order valence-electron chi connectivity index (χ2n) is 22.0. The van der Waals surface area contributed by atoms with Crippen molar-refractivity contribution in [2.24, 2.45) is 0 Å². The summed E-state index contributed by atoms with van der Waals surface area (Å²) in [6.45, 7) is 23.9. The molecule has 3 heterocycles. The van der Waals surface area contributed by atoms with Gasteiger partial charge in [-0.25, -0.2) is 4.98 Å². The van der Waals surface area contributed by atoms with E-state index in [-0.39, 0.29) is 21.7 Å². The van der Waals surface area contributed by atoms with Crippen LogP contribution in [0, 0.1) is 0 Å². The van der Waals surface area contributed by atoms with Crippen LogP contribution in [-0.4, -0.2) is 23.3 Å². The standard InChI is InChI=1S/C63H65N5/c1-60(2,3)47-35-48(61(4,5)6)37-52(36-47)67-42-66(56-27-18-19-28-57(56)67)51-26-20-25-49(40-51)65(11)50-30-31-53-54-38-45(62(7,8)43-21-14-12-15-22-43)29-32-55(54)68(58(53)41-50)59-39-46(33-34-64-59)63(9,10)44-23-16-13-17-24-44/h12-41H,42H2,1-11H3. The van der Waals surface area contributed by atoms with Crippen molar-refractivity contribution in [3.8, 4) is 5.82 Å². The van der Waals surface area contributed by atoms with Crippen LogP contribution in [0.1, 0.15) is 103 Å². The van der Waals surface area contributed by atoms with E-state index in [1.54, 1.807) is 0 Å². The summed E-state index contributed by atoms with van der Waals surface area (Å²) in [5, 5.41) is 2.41. The van der Waals surface area contributed by atoms with Gasteiger partial charge in [-0.2, -0.15) is 0 Å². The fourth-order valence-electron chi connectivity index (χ4n) is 10.1. The normalized spacial score (nSPS) is 13.4. The molecule has 0 saturated heterocycles. The number of anilines is 6. The molecule has 0 radical (unpaired) electrons. The number of aromatic nitrogens is 2. The van der Waals surface area contributed by atoms with Gasteiger partial charge in [0.1, 0.15) is 12.5 Å². The zero-order chi connectivity index (χ0) is 47.8. The number of para-hydroxylation sites is 2. The van der Waals surface area contributed by atoms with E-state index in [1.807, 2.05) is 6.20 Å². The summed E-state index contributed by atoms with van der Waals surface area (Å²) in [7, 11) is 2.19. The Kier molecular flexibility index (Phi) is 10.9. The lowest BCUT2D eigenvalue weighted by atomic mass is 9.78. The second kappa shape index (κ2) is 16.6. The molecule has 0 fully saturated rings. The molecule has 0 N–H and O–H groups in total. The van der Waals surface area contributed by atoms with Crippen molar-refractivity contribution in [1.82, 2.24) is 9.55 Å². The Morgan fingerprint density at radius 3 is 1.57 bits per heavy atom. The van der Waals surface area contributed by atoms with E-state index < -0.39 is 0 Å². The molecule has 9 aromatic rings. The predicted molar refractivity (Wildman–Crippen MR) is 290 cm³/mol. The van der Waals surface area contributed by atoms with Crippen LogP contribution in [0.3, 0.4) is 0 Å². The molecule has 0 unspecified atom stereocenters. The molecule has 1 aliphatic rings. The number of nitrogens with zero attached hydrogens (tertiary/aromatic N) is 5. The maximum Gasteiger partial charge on any atom is 0.137 e. The fraction of sp³-hybridized carbons (Fsp3) is 0.254. The highest BCUT2D eigenvalue weighted by Gasteiger charge is 2.31. The molecule has 0 spiro atoms. The zero-order valence-electron chi connectivity index (χ0n) is 41.8. The van der Waals surface area contributed by atoms with Gasteiger partial charge < -0.3 is 14.7 Å².